The van der Waals surface area contributed by atoms with Crippen molar-refractivity contribution in [3.05, 3.63) is 58.6 Å². The normalized spacial score (nSPS) is 22.8. The standard InChI is InChI=1S/C31H42ClN3O4/c1-3-21-8-4-9-22(18-21)28-26(11-5-12-27(28)32)31(38,15-7-16-34-30(37)39-2)24-10-6-17-35(20-24)29(36)23-13-14-25(33)19-23/h4-5,8-9,11-12,18,23-25,38H,3,6-7,10,13-17,19-20,33H2,1-2H3,(H,34,37)/t23-,24?,25+,31?/m1/s1. The van der Waals surface area contributed by atoms with Crippen LogP contribution in [0.15, 0.2) is 42.5 Å². The van der Waals surface area contributed by atoms with Crippen LogP contribution in [0.2, 0.25) is 5.02 Å². The summed E-state index contributed by atoms with van der Waals surface area (Å²) in [4.78, 5) is 27.0. The number of nitrogens with two attached hydrogens (primary N) is 1. The van der Waals surface area contributed by atoms with Crippen LogP contribution in [0.1, 0.15) is 63.0 Å². The summed E-state index contributed by atoms with van der Waals surface area (Å²) in [6.07, 6.45) is 5.38. The monoisotopic (exact) mass is 555 g/mol. The molecule has 4 rings (SSSR count). The maximum atomic E-state index is 13.4. The summed E-state index contributed by atoms with van der Waals surface area (Å²) in [6, 6.07) is 14.1. The second-order valence-electron chi connectivity index (χ2n) is 11.1. The van der Waals surface area contributed by atoms with E-state index < -0.39 is 11.7 Å². The predicted octanol–water partition coefficient (Wildman–Crippen LogP) is 5.26. The summed E-state index contributed by atoms with van der Waals surface area (Å²) in [7, 11) is 1.33. The van der Waals surface area contributed by atoms with Crippen molar-refractivity contribution in [2.75, 3.05) is 26.7 Å². The van der Waals surface area contributed by atoms with E-state index in [1.165, 1.54) is 12.7 Å². The number of ether oxygens (including phenoxy) is 1. The Balaban J connectivity index is 1.69. The number of aryl methyl sites for hydroxylation is 1. The lowest BCUT2D eigenvalue weighted by atomic mass is 9.72. The molecule has 1 saturated carbocycles. The first-order valence-corrected chi connectivity index (χ1v) is 14.6. The number of alkyl carbamates (subject to hydrolysis) is 1. The van der Waals surface area contributed by atoms with Gasteiger partial charge >= 0.3 is 6.09 Å². The summed E-state index contributed by atoms with van der Waals surface area (Å²) >= 11 is 6.84. The minimum atomic E-state index is -1.26. The molecule has 2 fully saturated rings. The van der Waals surface area contributed by atoms with Gasteiger partial charge in [-0.2, -0.15) is 0 Å². The number of carbonyl (C=O) groups excluding carboxylic acids is 2. The Morgan fingerprint density at radius 2 is 2.00 bits per heavy atom. The number of halogens is 1. The summed E-state index contributed by atoms with van der Waals surface area (Å²) < 4.78 is 4.71. The lowest BCUT2D eigenvalue weighted by molar-refractivity contribution is -0.140. The number of nitrogens with zero attached hydrogens (tertiary/aromatic N) is 1. The average Bonchev–Trinajstić information content (AvgIpc) is 3.40. The molecule has 2 aromatic carbocycles. The lowest BCUT2D eigenvalue weighted by Crippen LogP contribution is -2.49. The van der Waals surface area contributed by atoms with Crippen molar-refractivity contribution in [3.8, 4) is 11.1 Å². The third-order valence-corrected chi connectivity index (χ3v) is 8.84. The van der Waals surface area contributed by atoms with Crippen LogP contribution < -0.4 is 11.1 Å². The van der Waals surface area contributed by atoms with Gasteiger partial charge in [-0.15, -0.1) is 0 Å². The molecule has 2 unspecified atom stereocenters. The zero-order valence-electron chi connectivity index (χ0n) is 23.1. The van der Waals surface area contributed by atoms with Gasteiger partial charge in [0.2, 0.25) is 5.91 Å². The third kappa shape index (κ3) is 6.76. The summed E-state index contributed by atoms with van der Waals surface area (Å²) in [5.41, 5.74) is 8.59. The molecule has 8 heteroatoms. The van der Waals surface area contributed by atoms with Gasteiger partial charge in [-0.1, -0.05) is 54.9 Å². The highest BCUT2D eigenvalue weighted by molar-refractivity contribution is 6.33. The Bertz CT molecular complexity index is 1160. The number of nitrogens with one attached hydrogen (secondary N) is 1. The molecule has 0 radical (unpaired) electrons. The van der Waals surface area contributed by atoms with Crippen molar-refractivity contribution >= 4 is 23.6 Å². The number of hydrogen-bond donors (Lipinski definition) is 3. The first kappa shape index (κ1) is 29.4. The minimum Gasteiger partial charge on any atom is -0.453 e. The van der Waals surface area contributed by atoms with Crippen LogP contribution in [-0.2, 0) is 21.6 Å². The molecule has 4 atom stereocenters. The van der Waals surface area contributed by atoms with E-state index in [0.717, 1.165) is 55.2 Å². The van der Waals surface area contributed by atoms with E-state index in [1.807, 2.05) is 35.2 Å². The number of likely N-dealkylation sites (tertiary alicyclic amines) is 1. The smallest absolute Gasteiger partial charge is 0.406 e. The number of rotatable bonds is 9. The number of carbonyl (C=O) groups is 2. The maximum Gasteiger partial charge on any atom is 0.406 e. The predicted molar refractivity (Wildman–Crippen MR) is 154 cm³/mol. The highest BCUT2D eigenvalue weighted by Gasteiger charge is 2.44. The molecule has 0 aromatic heterocycles. The zero-order chi connectivity index (χ0) is 28.0. The number of hydrogen-bond acceptors (Lipinski definition) is 5. The molecule has 1 heterocycles. The quantitative estimate of drug-likeness (QED) is 0.366. The first-order chi connectivity index (χ1) is 18.8. The topological polar surface area (TPSA) is 105 Å². The second-order valence-corrected chi connectivity index (χ2v) is 11.5. The van der Waals surface area contributed by atoms with Crippen LogP contribution in [0.5, 0.6) is 0 Å². The molecule has 2 amide bonds. The number of aliphatic hydroxyl groups is 1. The second kappa shape index (κ2) is 13.2. The van der Waals surface area contributed by atoms with Gasteiger partial charge in [-0.3, -0.25) is 4.79 Å². The fourth-order valence-electron chi connectivity index (χ4n) is 6.37. The molecule has 0 bridgehead atoms. The van der Waals surface area contributed by atoms with Gasteiger partial charge < -0.3 is 25.8 Å². The van der Waals surface area contributed by atoms with E-state index >= 15 is 0 Å². The average molecular weight is 556 g/mol. The lowest BCUT2D eigenvalue weighted by Gasteiger charge is -2.44. The van der Waals surface area contributed by atoms with E-state index in [0.29, 0.717) is 37.5 Å². The molecule has 7 nitrogen and oxygen atoms in total. The van der Waals surface area contributed by atoms with Gasteiger partial charge in [0.25, 0.3) is 0 Å². The van der Waals surface area contributed by atoms with Gasteiger partial charge in [0.15, 0.2) is 0 Å². The van der Waals surface area contributed by atoms with Crippen LogP contribution in [0, 0.1) is 11.8 Å². The van der Waals surface area contributed by atoms with Gasteiger partial charge in [0.05, 0.1) is 12.7 Å². The van der Waals surface area contributed by atoms with Crippen LogP contribution in [0.25, 0.3) is 11.1 Å². The maximum absolute atomic E-state index is 13.4. The fraction of sp³-hybridized carbons (Fsp3) is 0.548. The Labute approximate surface area is 237 Å². The van der Waals surface area contributed by atoms with E-state index in [-0.39, 0.29) is 23.8 Å². The fourth-order valence-corrected chi connectivity index (χ4v) is 6.65. The van der Waals surface area contributed by atoms with Crippen molar-refractivity contribution in [1.29, 1.82) is 0 Å². The largest absolute Gasteiger partial charge is 0.453 e. The van der Waals surface area contributed by atoms with Crippen LogP contribution in [0.4, 0.5) is 4.79 Å². The Kier molecular flexibility index (Phi) is 9.91. The molecule has 4 N–H and O–H groups in total. The summed E-state index contributed by atoms with van der Waals surface area (Å²) in [5, 5.41) is 16.0. The van der Waals surface area contributed by atoms with Crippen molar-refractivity contribution in [2.45, 2.75) is 69.9 Å². The number of methoxy groups -OCH3 is 1. The Morgan fingerprint density at radius 3 is 2.72 bits per heavy atom. The van der Waals surface area contributed by atoms with Gasteiger partial charge in [0, 0.05) is 48.1 Å². The minimum absolute atomic E-state index is 0.0328. The Hall–Kier alpha value is -2.61. The molecule has 39 heavy (non-hydrogen) atoms. The highest BCUT2D eigenvalue weighted by Crippen LogP contribution is 2.46. The number of piperidine rings is 1. The molecule has 1 aliphatic heterocycles. The third-order valence-electron chi connectivity index (χ3n) is 8.52. The van der Waals surface area contributed by atoms with Gasteiger partial charge in [-0.25, -0.2) is 4.79 Å². The zero-order valence-corrected chi connectivity index (χ0v) is 23.9. The molecule has 1 saturated heterocycles. The van der Waals surface area contributed by atoms with Crippen molar-refractivity contribution < 1.29 is 19.4 Å². The van der Waals surface area contributed by atoms with Crippen LogP contribution >= 0.6 is 11.6 Å². The van der Waals surface area contributed by atoms with E-state index in [4.69, 9.17) is 22.1 Å². The summed E-state index contributed by atoms with van der Waals surface area (Å²) in [5.74, 6) is -0.0612. The van der Waals surface area contributed by atoms with Gasteiger partial charge in [0.1, 0.15) is 0 Å². The molecular formula is C31H42ClN3O4. The van der Waals surface area contributed by atoms with E-state index in [2.05, 4.69) is 24.4 Å². The van der Waals surface area contributed by atoms with E-state index in [9.17, 15) is 14.7 Å². The molecule has 1 aliphatic carbocycles. The number of benzene rings is 2. The first-order valence-electron chi connectivity index (χ1n) is 14.2. The molecule has 0 spiro atoms. The number of amides is 2. The Morgan fingerprint density at radius 1 is 1.21 bits per heavy atom. The molecule has 2 aromatic rings. The molecule has 2 aliphatic rings. The summed E-state index contributed by atoms with van der Waals surface area (Å²) in [6.45, 7) is 3.65. The van der Waals surface area contributed by atoms with Crippen LogP contribution in [-0.4, -0.2) is 54.8 Å². The van der Waals surface area contributed by atoms with Crippen molar-refractivity contribution in [1.82, 2.24) is 10.2 Å². The highest BCUT2D eigenvalue weighted by atomic mass is 35.5. The molecular weight excluding hydrogens is 514 g/mol. The molecule has 212 valence electrons. The van der Waals surface area contributed by atoms with Crippen molar-refractivity contribution in [2.24, 2.45) is 17.6 Å². The van der Waals surface area contributed by atoms with Crippen LogP contribution in [0.3, 0.4) is 0 Å². The van der Waals surface area contributed by atoms with Gasteiger partial charge in [-0.05, 0) is 74.1 Å². The SMILES string of the molecule is CCc1cccc(-c2c(Cl)cccc2C(O)(CCCNC(=O)OC)C2CCCN(C(=O)[C@@H]3CC[C@H](N)C3)C2)c1. The van der Waals surface area contributed by atoms with E-state index in [1.54, 1.807) is 0 Å². The van der Waals surface area contributed by atoms with Crippen molar-refractivity contribution in [3.63, 3.8) is 0 Å².